The average Bonchev–Trinajstić information content (AvgIpc) is 1.83. The molecule has 2 nitrogen and oxygen atoms in total. The second kappa shape index (κ2) is 5.41. The topological polar surface area (TPSA) is 12.5 Å². The van der Waals surface area contributed by atoms with E-state index < -0.39 is 0 Å². The number of methoxy groups -OCH3 is 1. The van der Waals surface area contributed by atoms with Gasteiger partial charge in [-0.2, -0.15) is 12.6 Å². The van der Waals surface area contributed by atoms with Crippen molar-refractivity contribution in [3.8, 4) is 0 Å². The highest BCUT2D eigenvalue weighted by atomic mass is 32.1. The fourth-order valence-electron chi connectivity index (χ4n) is 0.318. The zero-order chi connectivity index (χ0) is 6.41. The molecule has 0 aromatic carbocycles. The third-order valence-corrected chi connectivity index (χ3v) is 1.40. The number of nitrogens with zero attached hydrogens (tertiary/aromatic N) is 1. The lowest BCUT2D eigenvalue weighted by Crippen LogP contribution is -2.20. The minimum atomic E-state index is 0.789. The molecule has 0 aliphatic rings. The van der Waals surface area contributed by atoms with Gasteiger partial charge in [0.25, 0.3) is 0 Å². The van der Waals surface area contributed by atoms with Crippen LogP contribution in [0, 0.1) is 0 Å². The summed E-state index contributed by atoms with van der Waals surface area (Å²) in [7, 11) is 3.71. The van der Waals surface area contributed by atoms with Gasteiger partial charge in [-0.3, -0.25) is 4.90 Å². The zero-order valence-corrected chi connectivity index (χ0v) is 6.32. The summed E-state index contributed by atoms with van der Waals surface area (Å²) in [6.45, 7) is 1.75. The van der Waals surface area contributed by atoms with E-state index in [0.29, 0.717) is 0 Å². The second-order valence-electron chi connectivity index (χ2n) is 1.71. The van der Waals surface area contributed by atoms with Gasteiger partial charge >= 0.3 is 0 Å². The minimum absolute atomic E-state index is 0.789. The van der Waals surface area contributed by atoms with Crippen molar-refractivity contribution in [3.63, 3.8) is 0 Å². The van der Waals surface area contributed by atoms with Crippen LogP contribution in [-0.2, 0) is 4.74 Å². The Morgan fingerprint density at radius 1 is 1.62 bits per heavy atom. The summed E-state index contributed by atoms with van der Waals surface area (Å²) in [4.78, 5) is 2.08. The van der Waals surface area contributed by atoms with E-state index >= 15 is 0 Å². The van der Waals surface area contributed by atoms with Crippen molar-refractivity contribution >= 4 is 12.6 Å². The molecule has 0 aliphatic carbocycles. The molecule has 0 bridgehead atoms. The molecule has 0 aliphatic heterocycles. The molecule has 0 unspecified atom stereocenters. The normalized spacial score (nSPS) is 10.5. The molecule has 0 aromatic heterocycles. The molecule has 0 spiro atoms. The zero-order valence-electron chi connectivity index (χ0n) is 5.42. The van der Waals surface area contributed by atoms with E-state index in [-0.39, 0.29) is 0 Å². The monoisotopic (exact) mass is 135 g/mol. The summed E-state index contributed by atoms with van der Waals surface area (Å²) in [6.07, 6.45) is 0. The molecular formula is C5H13NOS. The van der Waals surface area contributed by atoms with E-state index in [9.17, 15) is 0 Å². The largest absolute Gasteiger partial charge is 0.383 e. The summed E-state index contributed by atoms with van der Waals surface area (Å²) in [5.74, 6) is 0.795. The van der Waals surface area contributed by atoms with Crippen LogP contribution in [0.3, 0.4) is 0 Å². The van der Waals surface area contributed by atoms with Gasteiger partial charge in [-0.1, -0.05) is 0 Å². The fourth-order valence-corrected chi connectivity index (χ4v) is 0.459. The first kappa shape index (κ1) is 8.27. The van der Waals surface area contributed by atoms with Gasteiger partial charge in [0.2, 0.25) is 0 Å². The number of rotatable bonds is 4. The van der Waals surface area contributed by atoms with Crippen LogP contribution in [0.4, 0.5) is 0 Å². The van der Waals surface area contributed by atoms with Crippen molar-refractivity contribution in [2.24, 2.45) is 0 Å². The Bertz CT molecular complexity index is 51.7. The van der Waals surface area contributed by atoms with Gasteiger partial charge in [0.15, 0.2) is 0 Å². The quantitative estimate of drug-likeness (QED) is 0.444. The van der Waals surface area contributed by atoms with Crippen LogP contribution in [0.25, 0.3) is 0 Å². The first-order valence-electron chi connectivity index (χ1n) is 2.59. The highest BCUT2D eigenvalue weighted by molar-refractivity contribution is 7.80. The number of likely N-dealkylation sites (N-methyl/N-ethyl adjacent to an activating group) is 1. The van der Waals surface area contributed by atoms with E-state index in [1.807, 2.05) is 7.05 Å². The number of hydrogen-bond acceptors (Lipinski definition) is 3. The smallest absolute Gasteiger partial charge is 0.0589 e. The van der Waals surface area contributed by atoms with Crippen molar-refractivity contribution < 1.29 is 4.74 Å². The molecule has 50 valence electrons. The summed E-state index contributed by atoms with van der Waals surface area (Å²) in [5.41, 5.74) is 0. The van der Waals surface area contributed by atoms with Crippen LogP contribution in [0.1, 0.15) is 0 Å². The Hall–Kier alpha value is 0.270. The van der Waals surface area contributed by atoms with Crippen molar-refractivity contribution in [1.29, 1.82) is 0 Å². The van der Waals surface area contributed by atoms with Gasteiger partial charge in [-0.25, -0.2) is 0 Å². The van der Waals surface area contributed by atoms with Crippen molar-refractivity contribution in [1.82, 2.24) is 4.90 Å². The lowest BCUT2D eigenvalue weighted by molar-refractivity contribution is 0.170. The Morgan fingerprint density at radius 3 is 2.62 bits per heavy atom. The van der Waals surface area contributed by atoms with Gasteiger partial charge in [0.1, 0.15) is 0 Å². The summed E-state index contributed by atoms with van der Waals surface area (Å²) in [5, 5.41) is 0. The van der Waals surface area contributed by atoms with Crippen molar-refractivity contribution in [2.75, 3.05) is 33.2 Å². The van der Waals surface area contributed by atoms with Gasteiger partial charge in [0, 0.05) is 19.5 Å². The fraction of sp³-hybridized carbons (Fsp3) is 1.00. The molecule has 0 atom stereocenters. The maximum absolute atomic E-state index is 4.84. The van der Waals surface area contributed by atoms with Gasteiger partial charge in [-0.05, 0) is 7.05 Å². The standard InChI is InChI=1S/C5H13NOS/c1-6(5-8)3-4-7-2/h8H,3-5H2,1-2H3. The predicted octanol–water partition coefficient (Wildman–Crippen LogP) is 0.452. The molecule has 0 saturated heterocycles. The van der Waals surface area contributed by atoms with Crippen LogP contribution >= 0.6 is 12.6 Å². The Morgan fingerprint density at radius 2 is 2.25 bits per heavy atom. The van der Waals surface area contributed by atoms with Crippen molar-refractivity contribution in [2.45, 2.75) is 0 Å². The third kappa shape index (κ3) is 4.43. The van der Waals surface area contributed by atoms with E-state index in [1.165, 1.54) is 0 Å². The lowest BCUT2D eigenvalue weighted by Gasteiger charge is -2.10. The first-order chi connectivity index (χ1) is 3.81. The highest BCUT2D eigenvalue weighted by Crippen LogP contribution is 1.83. The maximum atomic E-state index is 4.84. The van der Waals surface area contributed by atoms with Crippen LogP contribution in [0.5, 0.6) is 0 Å². The van der Waals surface area contributed by atoms with E-state index in [1.54, 1.807) is 7.11 Å². The van der Waals surface area contributed by atoms with E-state index in [2.05, 4.69) is 17.5 Å². The van der Waals surface area contributed by atoms with Crippen LogP contribution in [0.2, 0.25) is 0 Å². The van der Waals surface area contributed by atoms with E-state index in [0.717, 1.165) is 19.0 Å². The molecule has 0 N–H and O–H groups in total. The summed E-state index contributed by atoms with van der Waals surface area (Å²) in [6, 6.07) is 0. The highest BCUT2D eigenvalue weighted by Gasteiger charge is 1.90. The predicted molar refractivity (Wildman–Crippen MR) is 38.4 cm³/mol. The molecule has 0 aromatic rings. The van der Waals surface area contributed by atoms with Gasteiger partial charge in [-0.15, -0.1) is 0 Å². The number of hydrogen-bond donors (Lipinski definition) is 1. The molecule has 8 heavy (non-hydrogen) atoms. The van der Waals surface area contributed by atoms with Gasteiger partial charge < -0.3 is 4.74 Å². The van der Waals surface area contributed by atoms with Crippen molar-refractivity contribution in [3.05, 3.63) is 0 Å². The molecule has 0 fully saturated rings. The van der Waals surface area contributed by atoms with Crippen LogP contribution < -0.4 is 0 Å². The Kier molecular flexibility index (Phi) is 5.59. The van der Waals surface area contributed by atoms with Crippen LogP contribution in [0.15, 0.2) is 0 Å². The summed E-state index contributed by atoms with van der Waals surface area (Å²) >= 11 is 4.06. The average molecular weight is 135 g/mol. The number of thiol groups is 1. The lowest BCUT2D eigenvalue weighted by atomic mass is 10.6. The Labute approximate surface area is 56.2 Å². The molecule has 0 heterocycles. The molecule has 0 radical (unpaired) electrons. The van der Waals surface area contributed by atoms with Crippen LogP contribution in [-0.4, -0.2) is 38.1 Å². The SMILES string of the molecule is COCCN(C)CS. The maximum Gasteiger partial charge on any atom is 0.0589 e. The minimum Gasteiger partial charge on any atom is -0.383 e. The summed E-state index contributed by atoms with van der Waals surface area (Å²) < 4.78 is 4.84. The van der Waals surface area contributed by atoms with Gasteiger partial charge in [0.05, 0.1) is 6.61 Å². The second-order valence-corrected chi connectivity index (χ2v) is 2.00. The third-order valence-electron chi connectivity index (χ3n) is 0.919. The van der Waals surface area contributed by atoms with E-state index in [4.69, 9.17) is 4.74 Å². The number of ether oxygens (including phenoxy) is 1. The molecular weight excluding hydrogens is 122 g/mol. The molecule has 0 amide bonds. The molecule has 0 rings (SSSR count). The first-order valence-corrected chi connectivity index (χ1v) is 3.23. The Balaban J connectivity index is 2.86. The molecule has 3 heteroatoms. The molecule has 0 saturated carbocycles.